The molecule has 0 radical (unpaired) electrons. The summed E-state index contributed by atoms with van der Waals surface area (Å²) in [5.74, 6) is 0. The van der Waals surface area contributed by atoms with Crippen molar-refractivity contribution in [2.45, 2.75) is 50.8 Å². The van der Waals surface area contributed by atoms with Crippen molar-refractivity contribution in [2.24, 2.45) is 0 Å². The van der Waals surface area contributed by atoms with Crippen LogP contribution in [0.3, 0.4) is 0 Å². The number of alkyl halides is 1. The van der Waals surface area contributed by atoms with E-state index in [1.165, 1.54) is 32.1 Å². The van der Waals surface area contributed by atoms with E-state index in [4.69, 9.17) is 0 Å². The number of unbranched alkanes of at least 4 members (excludes halogenated alkanes) is 2. The third kappa shape index (κ3) is 8.12. The predicted octanol–water partition coefficient (Wildman–Crippen LogP) is 4.30. The standard InChI is InChI=1S/C10H19Br/c1-3-5-6-7-9-10(11)8-4-2/h7,9-10H,3-6,8H2,1-2H3. The van der Waals surface area contributed by atoms with Gasteiger partial charge in [0.2, 0.25) is 0 Å². The smallest absolute Gasteiger partial charge is 0.0325 e. The van der Waals surface area contributed by atoms with Gasteiger partial charge in [-0.25, -0.2) is 0 Å². The van der Waals surface area contributed by atoms with Gasteiger partial charge in [-0.2, -0.15) is 0 Å². The molecule has 0 aliphatic heterocycles. The van der Waals surface area contributed by atoms with Crippen LogP contribution < -0.4 is 0 Å². The Kier molecular flexibility index (Phi) is 8.48. The predicted molar refractivity (Wildman–Crippen MR) is 56.3 cm³/mol. The maximum absolute atomic E-state index is 3.60. The van der Waals surface area contributed by atoms with Crippen LogP contribution in [-0.4, -0.2) is 4.83 Å². The largest absolute Gasteiger partial charge is 0.0874 e. The van der Waals surface area contributed by atoms with Crippen molar-refractivity contribution in [1.29, 1.82) is 0 Å². The van der Waals surface area contributed by atoms with Gasteiger partial charge in [0.25, 0.3) is 0 Å². The molecule has 0 fully saturated rings. The van der Waals surface area contributed by atoms with Gasteiger partial charge in [-0.05, 0) is 12.8 Å². The maximum Gasteiger partial charge on any atom is 0.0325 e. The first kappa shape index (κ1) is 11.2. The summed E-state index contributed by atoms with van der Waals surface area (Å²) >= 11 is 3.60. The minimum absolute atomic E-state index is 0.601. The van der Waals surface area contributed by atoms with Crippen LogP contribution >= 0.6 is 15.9 Å². The molecular formula is C10H19Br. The normalized spacial score (nSPS) is 14.1. The highest BCUT2D eigenvalue weighted by atomic mass is 79.9. The highest BCUT2D eigenvalue weighted by Gasteiger charge is 1.94. The molecule has 0 N–H and O–H groups in total. The van der Waals surface area contributed by atoms with E-state index >= 15 is 0 Å². The lowest BCUT2D eigenvalue weighted by Crippen LogP contribution is -1.89. The van der Waals surface area contributed by atoms with E-state index in [-0.39, 0.29) is 0 Å². The van der Waals surface area contributed by atoms with Crippen molar-refractivity contribution in [2.75, 3.05) is 0 Å². The third-order valence-corrected chi connectivity index (χ3v) is 2.40. The summed E-state index contributed by atoms with van der Waals surface area (Å²) in [5, 5.41) is 0. The van der Waals surface area contributed by atoms with Crippen LogP contribution in [0.25, 0.3) is 0 Å². The average molecular weight is 219 g/mol. The van der Waals surface area contributed by atoms with Gasteiger partial charge in [-0.15, -0.1) is 0 Å². The van der Waals surface area contributed by atoms with Crippen LogP contribution in [0.1, 0.15) is 46.0 Å². The van der Waals surface area contributed by atoms with Crippen LogP contribution in [0.4, 0.5) is 0 Å². The molecule has 0 rings (SSSR count). The molecule has 0 aromatic rings. The Balaban J connectivity index is 3.24. The fourth-order valence-corrected chi connectivity index (χ4v) is 1.61. The number of allylic oxidation sites excluding steroid dienone is 2. The summed E-state index contributed by atoms with van der Waals surface area (Å²) in [7, 11) is 0. The Hall–Kier alpha value is 0.220. The van der Waals surface area contributed by atoms with E-state index in [0.717, 1.165) is 0 Å². The molecule has 1 heteroatoms. The zero-order valence-corrected chi connectivity index (χ0v) is 9.23. The summed E-state index contributed by atoms with van der Waals surface area (Å²) in [6, 6.07) is 0. The second-order valence-corrected chi connectivity index (χ2v) is 4.05. The molecule has 0 amide bonds. The summed E-state index contributed by atoms with van der Waals surface area (Å²) < 4.78 is 0. The highest BCUT2D eigenvalue weighted by molar-refractivity contribution is 9.09. The van der Waals surface area contributed by atoms with Crippen LogP contribution in [0.15, 0.2) is 12.2 Å². The summed E-state index contributed by atoms with van der Waals surface area (Å²) in [4.78, 5) is 0.601. The molecule has 0 spiro atoms. The van der Waals surface area contributed by atoms with Gasteiger partial charge in [0.15, 0.2) is 0 Å². The first-order chi connectivity index (χ1) is 5.31. The lowest BCUT2D eigenvalue weighted by Gasteiger charge is -1.99. The second-order valence-electron chi connectivity index (χ2n) is 2.88. The zero-order chi connectivity index (χ0) is 8.53. The van der Waals surface area contributed by atoms with E-state index < -0.39 is 0 Å². The molecule has 0 nitrogen and oxygen atoms in total. The SMILES string of the molecule is CCCCC=CC(Br)CCC. The van der Waals surface area contributed by atoms with Gasteiger partial charge in [0.05, 0.1) is 0 Å². The average Bonchev–Trinajstić information content (AvgIpc) is 1.99. The fraction of sp³-hybridized carbons (Fsp3) is 0.800. The van der Waals surface area contributed by atoms with E-state index in [9.17, 15) is 0 Å². The van der Waals surface area contributed by atoms with E-state index in [1.807, 2.05) is 0 Å². The van der Waals surface area contributed by atoms with Crippen molar-refractivity contribution in [3.05, 3.63) is 12.2 Å². The molecule has 0 bridgehead atoms. The van der Waals surface area contributed by atoms with Crippen molar-refractivity contribution >= 4 is 15.9 Å². The quantitative estimate of drug-likeness (QED) is 0.355. The lowest BCUT2D eigenvalue weighted by molar-refractivity contribution is 0.802. The molecule has 0 saturated carbocycles. The Morgan fingerprint density at radius 2 is 2.00 bits per heavy atom. The Labute approximate surface area is 79.2 Å². The number of hydrogen-bond acceptors (Lipinski definition) is 0. The van der Waals surface area contributed by atoms with Crippen LogP contribution in [0.5, 0.6) is 0 Å². The van der Waals surface area contributed by atoms with E-state index in [0.29, 0.717) is 4.83 Å². The first-order valence-electron chi connectivity index (χ1n) is 4.62. The highest BCUT2D eigenvalue weighted by Crippen LogP contribution is 2.09. The maximum atomic E-state index is 3.60. The van der Waals surface area contributed by atoms with Gasteiger partial charge in [-0.3, -0.25) is 0 Å². The number of rotatable bonds is 6. The van der Waals surface area contributed by atoms with Crippen molar-refractivity contribution in [3.8, 4) is 0 Å². The van der Waals surface area contributed by atoms with Crippen LogP contribution in [0, 0.1) is 0 Å². The topological polar surface area (TPSA) is 0 Å². The molecule has 0 saturated heterocycles. The molecule has 0 aromatic heterocycles. The van der Waals surface area contributed by atoms with Crippen LogP contribution in [-0.2, 0) is 0 Å². The third-order valence-electron chi connectivity index (χ3n) is 1.63. The fourth-order valence-electron chi connectivity index (χ4n) is 0.938. The van der Waals surface area contributed by atoms with Crippen LogP contribution in [0.2, 0.25) is 0 Å². The molecule has 0 heterocycles. The Morgan fingerprint density at radius 1 is 1.27 bits per heavy atom. The molecule has 0 aliphatic carbocycles. The van der Waals surface area contributed by atoms with Gasteiger partial charge >= 0.3 is 0 Å². The summed E-state index contributed by atoms with van der Waals surface area (Å²) in [6.07, 6.45) is 10.9. The molecule has 0 aromatic carbocycles. The van der Waals surface area contributed by atoms with Gasteiger partial charge < -0.3 is 0 Å². The van der Waals surface area contributed by atoms with E-state index in [1.54, 1.807) is 0 Å². The molecule has 66 valence electrons. The minimum atomic E-state index is 0.601. The van der Waals surface area contributed by atoms with Gasteiger partial charge in [-0.1, -0.05) is 61.2 Å². The number of halogens is 1. The van der Waals surface area contributed by atoms with E-state index in [2.05, 4.69) is 41.9 Å². The van der Waals surface area contributed by atoms with Crippen molar-refractivity contribution in [3.63, 3.8) is 0 Å². The van der Waals surface area contributed by atoms with Gasteiger partial charge in [0.1, 0.15) is 0 Å². The minimum Gasteiger partial charge on any atom is -0.0874 e. The Morgan fingerprint density at radius 3 is 2.55 bits per heavy atom. The molecule has 1 atom stereocenters. The van der Waals surface area contributed by atoms with Gasteiger partial charge in [0, 0.05) is 4.83 Å². The molecule has 11 heavy (non-hydrogen) atoms. The zero-order valence-electron chi connectivity index (χ0n) is 7.65. The lowest BCUT2D eigenvalue weighted by atomic mass is 10.2. The van der Waals surface area contributed by atoms with Crippen molar-refractivity contribution < 1.29 is 0 Å². The monoisotopic (exact) mass is 218 g/mol. The molecule has 1 unspecified atom stereocenters. The first-order valence-corrected chi connectivity index (χ1v) is 5.53. The molecular weight excluding hydrogens is 200 g/mol. The second kappa shape index (κ2) is 8.32. The number of hydrogen-bond donors (Lipinski definition) is 0. The molecule has 0 aliphatic rings. The van der Waals surface area contributed by atoms with Crippen molar-refractivity contribution in [1.82, 2.24) is 0 Å². The Bertz CT molecular complexity index is 97.0. The summed E-state index contributed by atoms with van der Waals surface area (Å²) in [6.45, 7) is 4.44. The summed E-state index contributed by atoms with van der Waals surface area (Å²) in [5.41, 5.74) is 0.